The molecule has 1 saturated carbocycles. The number of hydrogen-bond acceptors (Lipinski definition) is 3. The molecule has 2 N–H and O–H groups in total. The van der Waals surface area contributed by atoms with E-state index in [9.17, 15) is 21.6 Å². The zero-order valence-electron chi connectivity index (χ0n) is 10.7. The topological polar surface area (TPSA) is 63.4 Å². The van der Waals surface area contributed by atoms with Crippen LogP contribution in [0.4, 0.5) is 13.2 Å². The summed E-state index contributed by atoms with van der Waals surface area (Å²) >= 11 is 0. The van der Waals surface area contributed by atoms with Crippen molar-refractivity contribution in [2.24, 2.45) is 5.73 Å². The van der Waals surface area contributed by atoms with Crippen LogP contribution in [0.25, 0.3) is 0 Å². The van der Waals surface area contributed by atoms with Gasteiger partial charge < -0.3 is 5.73 Å². The first-order valence-corrected chi connectivity index (χ1v) is 7.68. The quantitative estimate of drug-likeness (QED) is 0.899. The minimum absolute atomic E-state index is 0.0245. The molecule has 0 amide bonds. The Labute approximate surface area is 115 Å². The van der Waals surface area contributed by atoms with Crippen molar-refractivity contribution < 1.29 is 21.6 Å². The highest BCUT2D eigenvalue weighted by molar-refractivity contribution is 7.89. The van der Waals surface area contributed by atoms with E-state index in [-0.39, 0.29) is 19.1 Å². The van der Waals surface area contributed by atoms with Crippen LogP contribution < -0.4 is 5.73 Å². The summed E-state index contributed by atoms with van der Waals surface area (Å²) in [6.45, 7) is 0.0173. The van der Waals surface area contributed by atoms with Gasteiger partial charge in [0.15, 0.2) is 4.90 Å². The second-order valence-electron chi connectivity index (χ2n) is 4.69. The molecule has 2 rings (SSSR count). The van der Waals surface area contributed by atoms with Gasteiger partial charge in [-0.3, -0.25) is 0 Å². The lowest BCUT2D eigenvalue weighted by molar-refractivity contribution is 0.222. The third-order valence-corrected chi connectivity index (χ3v) is 5.37. The lowest BCUT2D eigenvalue weighted by atomic mass is 9.93. The standard InChI is InChI=1S/C12H15F3N2O2S/c13-8-6-10(14)12(11(15)7-8)20(18,19)17(5-4-16)9-2-1-3-9/h6-7,9H,1-5,16H2. The Kier molecular flexibility index (Phi) is 4.36. The Morgan fingerprint density at radius 1 is 1.20 bits per heavy atom. The third-order valence-electron chi connectivity index (χ3n) is 3.36. The van der Waals surface area contributed by atoms with Gasteiger partial charge >= 0.3 is 0 Å². The molecule has 0 heterocycles. The second-order valence-corrected chi connectivity index (χ2v) is 6.52. The summed E-state index contributed by atoms with van der Waals surface area (Å²) < 4.78 is 66.0. The van der Waals surface area contributed by atoms with E-state index in [2.05, 4.69) is 0 Å². The normalized spacial score (nSPS) is 16.4. The maximum atomic E-state index is 13.7. The fourth-order valence-electron chi connectivity index (χ4n) is 2.19. The SMILES string of the molecule is NCCN(C1CCC1)S(=O)(=O)c1c(F)cc(F)cc1F. The minimum Gasteiger partial charge on any atom is -0.329 e. The average molecular weight is 308 g/mol. The molecule has 0 unspecified atom stereocenters. The van der Waals surface area contributed by atoms with Crippen molar-refractivity contribution in [3.63, 3.8) is 0 Å². The summed E-state index contributed by atoms with van der Waals surface area (Å²) in [6.07, 6.45) is 2.11. The molecule has 1 aliphatic carbocycles. The summed E-state index contributed by atoms with van der Waals surface area (Å²) in [4.78, 5) is -1.11. The Hall–Kier alpha value is -1.12. The van der Waals surface area contributed by atoms with Crippen LogP contribution in [-0.2, 0) is 10.0 Å². The molecule has 1 fully saturated rings. The molecule has 4 nitrogen and oxygen atoms in total. The van der Waals surface area contributed by atoms with Gasteiger partial charge in [-0.25, -0.2) is 21.6 Å². The van der Waals surface area contributed by atoms with Crippen molar-refractivity contribution >= 4 is 10.0 Å². The monoisotopic (exact) mass is 308 g/mol. The highest BCUT2D eigenvalue weighted by atomic mass is 32.2. The van der Waals surface area contributed by atoms with Crippen LogP contribution in [0, 0.1) is 17.5 Å². The van der Waals surface area contributed by atoms with Crippen molar-refractivity contribution in [1.29, 1.82) is 0 Å². The number of halogens is 3. The van der Waals surface area contributed by atoms with Crippen LogP contribution in [0.1, 0.15) is 19.3 Å². The minimum atomic E-state index is -4.36. The third kappa shape index (κ3) is 2.68. The van der Waals surface area contributed by atoms with Crippen LogP contribution >= 0.6 is 0 Å². The Bertz CT molecular complexity index is 580. The van der Waals surface area contributed by atoms with E-state index in [4.69, 9.17) is 5.73 Å². The fraction of sp³-hybridized carbons (Fsp3) is 0.500. The van der Waals surface area contributed by atoms with E-state index in [0.29, 0.717) is 25.0 Å². The molecular weight excluding hydrogens is 293 g/mol. The summed E-state index contributed by atoms with van der Waals surface area (Å²) in [5.74, 6) is -4.01. The first-order valence-electron chi connectivity index (χ1n) is 6.24. The molecule has 0 aliphatic heterocycles. The van der Waals surface area contributed by atoms with E-state index >= 15 is 0 Å². The van der Waals surface area contributed by atoms with Crippen molar-refractivity contribution in [2.75, 3.05) is 13.1 Å². The number of nitrogens with zero attached hydrogens (tertiary/aromatic N) is 1. The van der Waals surface area contributed by atoms with Gasteiger partial charge in [-0.1, -0.05) is 6.42 Å². The second kappa shape index (κ2) is 5.71. The van der Waals surface area contributed by atoms with E-state index in [1.54, 1.807) is 0 Å². The zero-order valence-corrected chi connectivity index (χ0v) is 11.5. The van der Waals surface area contributed by atoms with Crippen LogP contribution in [0.2, 0.25) is 0 Å². The van der Waals surface area contributed by atoms with E-state index in [1.165, 1.54) is 0 Å². The van der Waals surface area contributed by atoms with Gasteiger partial charge in [0.05, 0.1) is 0 Å². The largest absolute Gasteiger partial charge is 0.329 e. The van der Waals surface area contributed by atoms with E-state index in [0.717, 1.165) is 10.7 Å². The predicted octanol–water partition coefficient (Wildman–Crippen LogP) is 1.61. The fourth-order valence-corrected chi connectivity index (χ4v) is 3.99. The molecule has 112 valence electrons. The molecule has 1 aliphatic rings. The Morgan fingerprint density at radius 2 is 1.75 bits per heavy atom. The van der Waals surface area contributed by atoms with E-state index in [1.807, 2.05) is 0 Å². The van der Waals surface area contributed by atoms with Crippen molar-refractivity contribution in [3.05, 3.63) is 29.6 Å². The number of benzene rings is 1. The predicted molar refractivity (Wildman–Crippen MR) is 66.9 cm³/mol. The van der Waals surface area contributed by atoms with Gasteiger partial charge in [0, 0.05) is 31.3 Å². The van der Waals surface area contributed by atoms with Crippen molar-refractivity contribution in [1.82, 2.24) is 4.31 Å². The molecule has 1 aromatic carbocycles. The van der Waals surface area contributed by atoms with Gasteiger partial charge in [0.25, 0.3) is 0 Å². The maximum absolute atomic E-state index is 13.7. The van der Waals surface area contributed by atoms with Gasteiger partial charge in [-0.2, -0.15) is 4.31 Å². The van der Waals surface area contributed by atoms with Crippen molar-refractivity contribution in [2.45, 2.75) is 30.2 Å². The van der Waals surface area contributed by atoms with E-state index < -0.39 is 32.4 Å². The first kappa shape index (κ1) is 15.3. The smallest absolute Gasteiger partial charge is 0.249 e. The van der Waals surface area contributed by atoms with Gasteiger partial charge in [0.1, 0.15) is 17.5 Å². The lowest BCUT2D eigenvalue weighted by Gasteiger charge is -2.36. The molecule has 0 bridgehead atoms. The average Bonchev–Trinajstić information content (AvgIpc) is 2.23. The highest BCUT2D eigenvalue weighted by Crippen LogP contribution is 2.31. The molecule has 0 aromatic heterocycles. The number of rotatable bonds is 5. The van der Waals surface area contributed by atoms with Crippen molar-refractivity contribution in [3.8, 4) is 0 Å². The molecule has 0 atom stereocenters. The summed E-state index contributed by atoms with van der Waals surface area (Å²) in [6, 6.07) is 0.418. The molecular formula is C12H15F3N2O2S. The molecule has 20 heavy (non-hydrogen) atoms. The molecule has 0 saturated heterocycles. The number of sulfonamides is 1. The Morgan fingerprint density at radius 3 is 2.15 bits per heavy atom. The van der Waals surface area contributed by atoms with Gasteiger partial charge in [0.2, 0.25) is 10.0 Å². The molecule has 8 heteroatoms. The zero-order chi connectivity index (χ0) is 14.9. The molecule has 0 spiro atoms. The number of nitrogens with two attached hydrogens (primary N) is 1. The van der Waals surface area contributed by atoms with Gasteiger partial charge in [-0.15, -0.1) is 0 Å². The highest BCUT2D eigenvalue weighted by Gasteiger charge is 2.37. The summed E-state index contributed by atoms with van der Waals surface area (Å²) in [5.41, 5.74) is 5.37. The number of hydrogen-bond donors (Lipinski definition) is 1. The van der Waals surface area contributed by atoms with Crippen LogP contribution in [-0.4, -0.2) is 31.9 Å². The first-order chi connectivity index (χ1) is 9.37. The van der Waals surface area contributed by atoms with Crippen LogP contribution in [0.15, 0.2) is 17.0 Å². The Balaban J connectivity index is 2.47. The van der Waals surface area contributed by atoms with Gasteiger partial charge in [-0.05, 0) is 12.8 Å². The molecule has 1 aromatic rings. The van der Waals surface area contributed by atoms with Crippen LogP contribution in [0.5, 0.6) is 0 Å². The maximum Gasteiger partial charge on any atom is 0.249 e. The van der Waals surface area contributed by atoms with Crippen LogP contribution in [0.3, 0.4) is 0 Å². The summed E-state index contributed by atoms with van der Waals surface area (Å²) in [7, 11) is -4.36. The summed E-state index contributed by atoms with van der Waals surface area (Å²) in [5, 5.41) is 0. The molecule has 0 radical (unpaired) electrons. The lowest BCUT2D eigenvalue weighted by Crippen LogP contribution is -2.46.